The molecule has 1 aromatic carbocycles. The van der Waals surface area contributed by atoms with Crippen molar-refractivity contribution in [1.82, 2.24) is 10.6 Å². The number of hydrogen-bond acceptors (Lipinski definition) is 7. The summed E-state index contributed by atoms with van der Waals surface area (Å²) in [5, 5.41) is 5.48. The molecule has 0 aromatic heterocycles. The van der Waals surface area contributed by atoms with E-state index in [1.54, 1.807) is 0 Å². The molecule has 3 rings (SSSR count). The van der Waals surface area contributed by atoms with E-state index in [0.29, 0.717) is 31.6 Å². The van der Waals surface area contributed by atoms with Crippen LogP contribution in [0, 0.1) is 5.92 Å². The highest BCUT2D eigenvalue weighted by Crippen LogP contribution is 2.16. The summed E-state index contributed by atoms with van der Waals surface area (Å²) < 4.78 is 15.4. The quantitative estimate of drug-likeness (QED) is 0.304. The summed E-state index contributed by atoms with van der Waals surface area (Å²) in [5.74, 6) is -0.949. The fourth-order valence-corrected chi connectivity index (χ4v) is 3.21. The maximum atomic E-state index is 13.0. The molecule has 3 atom stereocenters. The number of rotatable bonds is 4. The molecule has 10 heteroatoms. The molecule has 2 bridgehead atoms. The Morgan fingerprint density at radius 3 is 2.55 bits per heavy atom. The monoisotopic (exact) mass is 431 g/mol. The molecule has 9 nitrogen and oxygen atoms in total. The number of esters is 1. The summed E-state index contributed by atoms with van der Waals surface area (Å²) >= 11 is 0. The van der Waals surface area contributed by atoms with Crippen LogP contribution in [0.2, 0.25) is 0 Å². The SMILES string of the molecule is BOC=N[C@H]1Cc2ccc(cc2)OCCC[C@@H](C(=O)OC)NC(=O)[C@H](C(C)C)NC1=O. The lowest BCUT2D eigenvalue weighted by molar-refractivity contribution is -0.145. The van der Waals surface area contributed by atoms with E-state index in [-0.39, 0.29) is 5.92 Å². The number of nitrogens with one attached hydrogen (secondary N) is 2. The Labute approximate surface area is 183 Å². The van der Waals surface area contributed by atoms with Gasteiger partial charge in [-0.1, -0.05) is 26.0 Å². The third-order valence-corrected chi connectivity index (χ3v) is 4.96. The van der Waals surface area contributed by atoms with E-state index in [0.717, 1.165) is 5.56 Å². The zero-order valence-electron chi connectivity index (χ0n) is 18.4. The lowest BCUT2D eigenvalue weighted by Gasteiger charge is -2.26. The molecular formula is C21H30BN3O6. The number of carbonyl (C=O) groups excluding carboxylic acids is 3. The summed E-state index contributed by atoms with van der Waals surface area (Å²) in [7, 11) is 2.71. The van der Waals surface area contributed by atoms with E-state index in [9.17, 15) is 14.4 Å². The summed E-state index contributed by atoms with van der Waals surface area (Å²) in [4.78, 5) is 42.2. The van der Waals surface area contributed by atoms with Gasteiger partial charge in [-0.15, -0.1) is 0 Å². The van der Waals surface area contributed by atoms with Gasteiger partial charge in [-0.25, -0.2) is 9.79 Å². The third-order valence-electron chi connectivity index (χ3n) is 4.96. The number of carbonyl (C=O) groups is 3. The Morgan fingerprint density at radius 1 is 1.23 bits per heavy atom. The topological polar surface area (TPSA) is 115 Å². The van der Waals surface area contributed by atoms with Crippen molar-refractivity contribution in [3.05, 3.63) is 29.8 Å². The highest BCUT2D eigenvalue weighted by atomic mass is 16.5. The molecule has 2 amide bonds. The molecule has 0 unspecified atom stereocenters. The van der Waals surface area contributed by atoms with Gasteiger partial charge < -0.3 is 24.8 Å². The van der Waals surface area contributed by atoms with Crippen LogP contribution in [0.25, 0.3) is 0 Å². The lowest BCUT2D eigenvalue weighted by atomic mass is 10.0. The summed E-state index contributed by atoms with van der Waals surface area (Å²) in [6.45, 7) is 4.01. The highest BCUT2D eigenvalue weighted by Gasteiger charge is 2.31. The number of benzene rings is 1. The maximum Gasteiger partial charge on any atom is 0.328 e. The summed E-state index contributed by atoms with van der Waals surface area (Å²) in [6, 6.07) is 4.93. The third kappa shape index (κ3) is 7.30. The number of hydrogen-bond donors (Lipinski definition) is 2. The smallest absolute Gasteiger partial charge is 0.328 e. The van der Waals surface area contributed by atoms with Gasteiger partial charge in [0.1, 0.15) is 23.9 Å². The van der Waals surface area contributed by atoms with Crippen molar-refractivity contribution in [2.24, 2.45) is 10.9 Å². The van der Waals surface area contributed by atoms with E-state index < -0.39 is 35.9 Å². The second-order valence-electron chi connectivity index (χ2n) is 7.66. The van der Waals surface area contributed by atoms with Crippen molar-refractivity contribution in [2.45, 2.75) is 51.2 Å². The Bertz CT molecular complexity index is 784. The van der Waals surface area contributed by atoms with E-state index in [1.807, 2.05) is 38.1 Å². The van der Waals surface area contributed by atoms with Crippen LogP contribution in [0.4, 0.5) is 0 Å². The lowest BCUT2D eigenvalue weighted by Crippen LogP contribution is -2.55. The number of methoxy groups -OCH3 is 1. The average molecular weight is 431 g/mol. The number of amides is 2. The molecule has 2 N–H and O–H groups in total. The van der Waals surface area contributed by atoms with Gasteiger partial charge in [0.25, 0.3) is 0 Å². The van der Waals surface area contributed by atoms with Crippen molar-refractivity contribution >= 4 is 32.2 Å². The molecule has 2 aliphatic rings. The molecule has 1 aromatic rings. The molecule has 0 radical (unpaired) electrons. The van der Waals surface area contributed by atoms with Crippen molar-refractivity contribution in [2.75, 3.05) is 13.7 Å². The Balaban J connectivity index is 2.34. The predicted molar refractivity (Wildman–Crippen MR) is 117 cm³/mol. The van der Waals surface area contributed by atoms with Gasteiger partial charge in [-0.05, 0) is 36.5 Å². The molecular weight excluding hydrogens is 401 g/mol. The zero-order chi connectivity index (χ0) is 22.8. The second kappa shape index (κ2) is 12.0. The maximum absolute atomic E-state index is 13.0. The zero-order valence-corrected chi connectivity index (χ0v) is 18.4. The van der Waals surface area contributed by atoms with Crippen LogP contribution < -0.4 is 15.4 Å². The second-order valence-corrected chi connectivity index (χ2v) is 7.66. The van der Waals surface area contributed by atoms with Crippen molar-refractivity contribution in [1.29, 1.82) is 0 Å². The van der Waals surface area contributed by atoms with Gasteiger partial charge >= 0.3 is 14.0 Å². The van der Waals surface area contributed by atoms with Crippen LogP contribution in [-0.2, 0) is 30.2 Å². The van der Waals surface area contributed by atoms with E-state index in [4.69, 9.17) is 14.1 Å². The molecule has 31 heavy (non-hydrogen) atoms. The minimum absolute atomic E-state index is 0.212. The number of aliphatic imine (C=N–C) groups is 1. The Hall–Kier alpha value is -3.04. The average Bonchev–Trinajstić information content (AvgIpc) is 2.76. The van der Waals surface area contributed by atoms with Gasteiger partial charge in [0.15, 0.2) is 6.40 Å². The first-order valence-electron chi connectivity index (χ1n) is 10.3. The fraction of sp³-hybridized carbons (Fsp3) is 0.524. The number of ether oxygens (including phenoxy) is 2. The standard InChI is InChI=1S/C21H30BN3O6/c1-13(2)18-20(27)24-16(21(28)29-3)5-4-10-30-15-8-6-14(7-9-15)11-17(19(26)25-18)23-12-31-22/h6-9,12-13,16-18H,4-5,10-11,22H2,1-3H3,(H,24,27)(H,25,26)/t16-,17-,18-/m0/s1. The number of fused-ring (bicyclic) bond motifs is 13. The van der Waals surface area contributed by atoms with Crippen LogP contribution in [0.1, 0.15) is 32.3 Å². The van der Waals surface area contributed by atoms with Gasteiger partial charge in [-0.2, -0.15) is 0 Å². The predicted octanol–water partition coefficient (Wildman–Crippen LogP) is 0.162. The molecule has 0 saturated heterocycles. The van der Waals surface area contributed by atoms with E-state index in [1.165, 1.54) is 21.6 Å². The Kier molecular flexibility index (Phi) is 9.36. The normalized spacial score (nSPS) is 23.2. The summed E-state index contributed by atoms with van der Waals surface area (Å²) in [5.41, 5.74) is 0.893. The fourth-order valence-electron chi connectivity index (χ4n) is 3.21. The molecule has 2 heterocycles. The highest BCUT2D eigenvalue weighted by molar-refractivity contribution is 6.02. The first-order valence-corrected chi connectivity index (χ1v) is 10.3. The van der Waals surface area contributed by atoms with Gasteiger partial charge in [0, 0.05) is 6.42 Å². The largest absolute Gasteiger partial charge is 0.560 e. The molecule has 168 valence electrons. The molecule has 0 fully saturated rings. The van der Waals surface area contributed by atoms with Crippen LogP contribution in [0.5, 0.6) is 5.75 Å². The first kappa shape index (κ1) is 24.2. The van der Waals surface area contributed by atoms with Gasteiger partial charge in [-0.3, -0.25) is 9.59 Å². The molecule has 2 aliphatic heterocycles. The van der Waals surface area contributed by atoms with Crippen LogP contribution >= 0.6 is 0 Å². The van der Waals surface area contributed by atoms with Crippen molar-refractivity contribution in [3.8, 4) is 5.75 Å². The Morgan fingerprint density at radius 2 is 1.94 bits per heavy atom. The van der Waals surface area contributed by atoms with Crippen molar-refractivity contribution in [3.63, 3.8) is 0 Å². The van der Waals surface area contributed by atoms with Gasteiger partial charge in [0.05, 0.1) is 13.7 Å². The van der Waals surface area contributed by atoms with Crippen molar-refractivity contribution < 1.29 is 28.5 Å². The van der Waals surface area contributed by atoms with Crippen LogP contribution in [-0.4, -0.2) is 64.1 Å². The molecule has 0 saturated carbocycles. The molecule has 0 aliphatic carbocycles. The van der Waals surface area contributed by atoms with Crippen LogP contribution in [0.3, 0.4) is 0 Å². The summed E-state index contributed by atoms with van der Waals surface area (Å²) in [6.07, 6.45) is 2.41. The minimum atomic E-state index is -0.841. The van der Waals surface area contributed by atoms with Crippen LogP contribution in [0.15, 0.2) is 29.3 Å². The minimum Gasteiger partial charge on any atom is -0.560 e. The van der Waals surface area contributed by atoms with E-state index in [2.05, 4.69) is 15.6 Å². The molecule has 0 spiro atoms. The number of nitrogens with zero attached hydrogens (tertiary/aromatic N) is 1. The van der Waals surface area contributed by atoms with Gasteiger partial charge in [0.2, 0.25) is 11.8 Å². The first-order chi connectivity index (χ1) is 14.8. The van der Waals surface area contributed by atoms with E-state index >= 15 is 0 Å².